The molecule has 1 heterocycles. The van der Waals surface area contributed by atoms with E-state index in [4.69, 9.17) is 10.1 Å². The number of ketones is 1. The molecule has 2 aromatic carbocycles. The minimum absolute atomic E-state index is 0.0397. The van der Waals surface area contributed by atoms with E-state index in [1.807, 2.05) is 43.3 Å². The van der Waals surface area contributed by atoms with Gasteiger partial charge in [-0.2, -0.15) is 0 Å². The largest absolute Gasteiger partial charge is 0.488 e. The molecule has 0 aliphatic rings. The van der Waals surface area contributed by atoms with E-state index >= 15 is 0 Å². The number of Topliss-reactive ketones (excluding diaryl/α,β-unsaturated/α-hetero) is 1. The van der Waals surface area contributed by atoms with Gasteiger partial charge in [0.1, 0.15) is 12.4 Å². The maximum absolute atomic E-state index is 13.1. The van der Waals surface area contributed by atoms with Crippen molar-refractivity contribution in [1.82, 2.24) is 9.97 Å². The number of carbonyl (C=O) groups excluding carboxylic acids is 1. The summed E-state index contributed by atoms with van der Waals surface area (Å²) in [4.78, 5) is 21.4. The van der Waals surface area contributed by atoms with Crippen LogP contribution in [0.15, 0.2) is 71.5 Å². The highest BCUT2D eigenvalue weighted by molar-refractivity contribution is 9.10. The van der Waals surface area contributed by atoms with Crippen LogP contribution in [0.25, 0.3) is 0 Å². The van der Waals surface area contributed by atoms with Crippen LogP contribution in [0.2, 0.25) is 0 Å². The predicted molar refractivity (Wildman–Crippen MR) is 121 cm³/mol. The molecule has 0 aliphatic carbocycles. The summed E-state index contributed by atoms with van der Waals surface area (Å²) < 4.78 is 6.68. The van der Waals surface area contributed by atoms with Crippen LogP contribution >= 0.6 is 15.9 Å². The molecule has 0 fully saturated rings. The number of hydrogen-bond donors (Lipinski definition) is 2. The van der Waals surface area contributed by atoms with Crippen molar-refractivity contribution in [3.63, 3.8) is 0 Å². The van der Waals surface area contributed by atoms with Gasteiger partial charge in [0.25, 0.3) is 0 Å². The van der Waals surface area contributed by atoms with E-state index in [9.17, 15) is 4.79 Å². The number of aromatic nitrogens is 2. The topological polar surface area (TPSA) is 88.0 Å². The molecule has 1 atom stereocenters. The highest BCUT2D eigenvalue weighted by Crippen LogP contribution is 2.22. The molecule has 30 heavy (non-hydrogen) atoms. The number of carbonyl (C=O) groups is 1. The van der Waals surface area contributed by atoms with E-state index in [1.54, 1.807) is 30.6 Å². The summed E-state index contributed by atoms with van der Waals surface area (Å²) in [5, 5.41) is 11.6. The van der Waals surface area contributed by atoms with E-state index in [0.29, 0.717) is 36.8 Å². The Morgan fingerprint density at radius 3 is 2.47 bits per heavy atom. The number of hydrogen-bond acceptors (Lipinski definition) is 6. The van der Waals surface area contributed by atoms with Gasteiger partial charge < -0.3 is 15.5 Å². The number of halogens is 1. The molecule has 0 radical (unpaired) electrons. The summed E-state index contributed by atoms with van der Waals surface area (Å²) in [5.41, 5.74) is 1.45. The molecule has 0 unspecified atom stereocenters. The lowest BCUT2D eigenvalue weighted by molar-refractivity contribution is 0.105. The monoisotopic (exact) mass is 466 g/mol. The number of para-hydroxylation sites is 1. The Balaban J connectivity index is 1.68. The second-order valence-corrected chi connectivity index (χ2v) is 7.64. The molecule has 3 rings (SSSR count). The van der Waals surface area contributed by atoms with Crippen LogP contribution in [0.5, 0.6) is 5.75 Å². The van der Waals surface area contributed by atoms with Crippen LogP contribution in [-0.2, 0) is 6.61 Å². The molecule has 0 saturated heterocycles. The second-order valence-electron chi connectivity index (χ2n) is 6.72. The van der Waals surface area contributed by atoms with Crippen molar-refractivity contribution >= 4 is 33.4 Å². The van der Waals surface area contributed by atoms with Gasteiger partial charge in [0.15, 0.2) is 0 Å². The summed E-state index contributed by atoms with van der Waals surface area (Å²) in [6.07, 6.45) is 3.93. The number of nitrogens with one attached hydrogen (secondary N) is 2. The highest BCUT2D eigenvalue weighted by atomic mass is 79.9. The lowest BCUT2D eigenvalue weighted by Crippen LogP contribution is -2.29. The van der Waals surface area contributed by atoms with Crippen LogP contribution in [0.4, 0.5) is 5.95 Å². The lowest BCUT2D eigenvalue weighted by atomic mass is 9.93. The van der Waals surface area contributed by atoms with E-state index in [2.05, 4.69) is 31.2 Å². The summed E-state index contributed by atoms with van der Waals surface area (Å²) in [6, 6.07) is 16.8. The van der Waals surface area contributed by atoms with Gasteiger partial charge in [-0.25, -0.2) is 9.97 Å². The van der Waals surface area contributed by atoms with Crippen LogP contribution in [-0.4, -0.2) is 28.0 Å². The van der Waals surface area contributed by atoms with Crippen molar-refractivity contribution in [3.8, 4) is 5.75 Å². The van der Waals surface area contributed by atoms with Crippen molar-refractivity contribution in [2.75, 3.05) is 11.9 Å². The summed E-state index contributed by atoms with van der Waals surface area (Å²) in [7, 11) is 0. The van der Waals surface area contributed by atoms with Crippen LogP contribution < -0.4 is 10.1 Å². The first-order valence-electron chi connectivity index (χ1n) is 9.68. The maximum Gasteiger partial charge on any atom is 0.222 e. The third-order valence-electron chi connectivity index (χ3n) is 4.64. The van der Waals surface area contributed by atoms with Gasteiger partial charge in [-0.15, -0.1) is 0 Å². The number of rotatable bonds is 10. The van der Waals surface area contributed by atoms with Gasteiger partial charge in [0.2, 0.25) is 11.7 Å². The third-order valence-corrected chi connectivity index (χ3v) is 5.05. The van der Waals surface area contributed by atoms with E-state index in [-0.39, 0.29) is 17.4 Å². The summed E-state index contributed by atoms with van der Waals surface area (Å²) in [6.45, 7) is 2.71. The Morgan fingerprint density at radius 1 is 1.10 bits per heavy atom. The Hall–Kier alpha value is -3.06. The predicted octanol–water partition coefficient (Wildman–Crippen LogP) is 5.16. The van der Waals surface area contributed by atoms with Crippen molar-refractivity contribution in [3.05, 3.63) is 82.6 Å². The maximum atomic E-state index is 13.1. The van der Waals surface area contributed by atoms with Gasteiger partial charge in [-0.05, 0) is 40.0 Å². The number of benzene rings is 2. The Morgan fingerprint density at radius 2 is 1.77 bits per heavy atom. The minimum atomic E-state index is -0.330. The third kappa shape index (κ3) is 5.73. The van der Waals surface area contributed by atoms with E-state index in [0.717, 1.165) is 10.0 Å². The fourth-order valence-electron chi connectivity index (χ4n) is 2.91. The average molecular weight is 467 g/mol. The summed E-state index contributed by atoms with van der Waals surface area (Å²) >= 11 is 3.30. The SMILES string of the molecule is CC[C@@H](CNc1ncc(Br)cn1)C(=N)C(=O)c1ccccc1OCc1ccccc1. The van der Waals surface area contributed by atoms with Gasteiger partial charge in [0, 0.05) is 24.9 Å². The molecule has 3 aromatic rings. The zero-order valence-corrected chi connectivity index (χ0v) is 18.2. The molecule has 0 saturated carbocycles. The van der Waals surface area contributed by atoms with E-state index < -0.39 is 0 Å². The average Bonchev–Trinajstić information content (AvgIpc) is 2.79. The fraction of sp³-hybridized carbons (Fsp3) is 0.217. The van der Waals surface area contributed by atoms with Gasteiger partial charge in [0.05, 0.1) is 15.7 Å². The Bertz CT molecular complexity index is 994. The van der Waals surface area contributed by atoms with Crippen LogP contribution in [0, 0.1) is 11.3 Å². The minimum Gasteiger partial charge on any atom is -0.488 e. The van der Waals surface area contributed by atoms with Crippen molar-refractivity contribution in [2.24, 2.45) is 5.92 Å². The molecular formula is C23H23BrN4O2. The van der Waals surface area contributed by atoms with Crippen molar-refractivity contribution in [2.45, 2.75) is 20.0 Å². The molecule has 0 spiro atoms. The highest BCUT2D eigenvalue weighted by Gasteiger charge is 2.24. The summed E-state index contributed by atoms with van der Waals surface area (Å²) in [5.74, 6) is 0.342. The van der Waals surface area contributed by atoms with Gasteiger partial charge in [-0.1, -0.05) is 49.4 Å². The molecule has 0 bridgehead atoms. The second kappa shape index (κ2) is 10.6. The molecule has 6 nitrogen and oxygen atoms in total. The normalized spacial score (nSPS) is 11.5. The molecule has 7 heteroatoms. The van der Waals surface area contributed by atoms with Gasteiger partial charge in [-0.3, -0.25) is 4.79 Å². The lowest BCUT2D eigenvalue weighted by Gasteiger charge is -2.17. The number of nitrogens with zero attached hydrogens (tertiary/aromatic N) is 2. The first-order chi connectivity index (χ1) is 14.6. The number of ether oxygens (including phenoxy) is 1. The quantitative estimate of drug-likeness (QED) is 0.318. The van der Waals surface area contributed by atoms with E-state index in [1.165, 1.54) is 0 Å². The fourth-order valence-corrected chi connectivity index (χ4v) is 3.12. The standard InChI is InChI=1S/C23H23BrN4O2/c1-2-17(12-26-23-27-13-18(24)14-28-23)21(25)22(29)19-10-6-7-11-20(19)30-15-16-8-4-3-5-9-16/h3-11,13-14,17,25H,2,12,15H2,1H3,(H,26,27,28)/t17-/m0/s1. The zero-order valence-electron chi connectivity index (χ0n) is 16.6. The molecule has 2 N–H and O–H groups in total. The Kier molecular flexibility index (Phi) is 7.68. The molecular weight excluding hydrogens is 444 g/mol. The zero-order chi connectivity index (χ0) is 21.3. The van der Waals surface area contributed by atoms with Crippen LogP contribution in [0.3, 0.4) is 0 Å². The van der Waals surface area contributed by atoms with Gasteiger partial charge >= 0.3 is 0 Å². The van der Waals surface area contributed by atoms with Crippen LogP contribution in [0.1, 0.15) is 29.3 Å². The molecule has 154 valence electrons. The van der Waals surface area contributed by atoms with Crippen molar-refractivity contribution < 1.29 is 9.53 Å². The molecule has 1 aromatic heterocycles. The first kappa shape index (κ1) is 21.6. The Labute approximate surface area is 184 Å². The molecule has 0 aliphatic heterocycles. The smallest absolute Gasteiger partial charge is 0.222 e. The molecule has 0 amide bonds. The van der Waals surface area contributed by atoms with Crippen molar-refractivity contribution in [1.29, 1.82) is 5.41 Å². The first-order valence-corrected chi connectivity index (χ1v) is 10.5. The number of anilines is 1.